The van der Waals surface area contributed by atoms with Gasteiger partial charge in [-0.15, -0.1) is 0 Å². The molecule has 2 aromatic rings. The molecule has 0 radical (unpaired) electrons. The summed E-state index contributed by atoms with van der Waals surface area (Å²) in [5, 5.41) is 11.4. The van der Waals surface area contributed by atoms with Gasteiger partial charge in [-0.2, -0.15) is 5.10 Å². The zero-order valence-electron chi connectivity index (χ0n) is 14.8. The fraction of sp³-hybridized carbons (Fsp3) is 0.588. The number of rotatable bonds is 4. The molecule has 0 aliphatic heterocycles. The summed E-state index contributed by atoms with van der Waals surface area (Å²) in [6.07, 6.45) is 6.52. The molecule has 1 N–H and O–H groups in total. The van der Waals surface area contributed by atoms with Gasteiger partial charge in [-0.05, 0) is 33.6 Å². The lowest BCUT2D eigenvalue weighted by molar-refractivity contribution is 0.220. The first-order valence-corrected chi connectivity index (χ1v) is 8.45. The summed E-state index contributed by atoms with van der Waals surface area (Å²) >= 11 is 0. The second-order valence-corrected chi connectivity index (χ2v) is 6.65. The summed E-state index contributed by atoms with van der Waals surface area (Å²) in [7, 11) is 1.77. The van der Waals surface area contributed by atoms with Crippen molar-refractivity contribution in [3.8, 4) is 0 Å². The van der Waals surface area contributed by atoms with Gasteiger partial charge in [-0.1, -0.05) is 18.0 Å². The zero-order valence-corrected chi connectivity index (χ0v) is 14.8. The third kappa shape index (κ3) is 3.16. The molecule has 24 heavy (non-hydrogen) atoms. The van der Waals surface area contributed by atoms with E-state index in [0.717, 1.165) is 41.2 Å². The normalized spacial score (nSPS) is 15.0. The van der Waals surface area contributed by atoms with Gasteiger partial charge in [0, 0.05) is 18.2 Å². The third-order valence-electron chi connectivity index (χ3n) is 4.80. The van der Waals surface area contributed by atoms with E-state index in [9.17, 15) is 4.79 Å². The van der Waals surface area contributed by atoms with Crippen LogP contribution in [0.4, 0.5) is 10.6 Å². The molecule has 2 aromatic heterocycles. The van der Waals surface area contributed by atoms with Crippen molar-refractivity contribution >= 4 is 11.8 Å². The lowest BCUT2D eigenvalue weighted by atomic mass is 10.2. The van der Waals surface area contributed by atoms with E-state index in [1.807, 2.05) is 31.6 Å². The molecule has 0 saturated heterocycles. The highest BCUT2D eigenvalue weighted by molar-refractivity contribution is 5.89. The average Bonchev–Trinajstić information content (AvgIpc) is 3.26. The standard InChI is InChI=1S/C17H25N5O2/c1-11-9-18-22(14-7-5-6-8-14)16(11)19-17(23)21(4)10-15-12(2)20-24-13(15)3/h9,14H,5-8,10H2,1-4H3,(H,19,23). The molecule has 0 aromatic carbocycles. The molecule has 0 unspecified atom stereocenters. The van der Waals surface area contributed by atoms with Crippen molar-refractivity contribution in [1.82, 2.24) is 19.8 Å². The maximum atomic E-state index is 12.6. The molecule has 0 bridgehead atoms. The second-order valence-electron chi connectivity index (χ2n) is 6.65. The minimum absolute atomic E-state index is 0.155. The van der Waals surface area contributed by atoms with E-state index in [2.05, 4.69) is 15.6 Å². The van der Waals surface area contributed by atoms with Crippen LogP contribution in [0.1, 0.15) is 54.3 Å². The summed E-state index contributed by atoms with van der Waals surface area (Å²) in [5.74, 6) is 1.55. The Labute approximate surface area is 142 Å². The Morgan fingerprint density at radius 1 is 1.38 bits per heavy atom. The van der Waals surface area contributed by atoms with Crippen molar-refractivity contribution in [1.29, 1.82) is 0 Å². The van der Waals surface area contributed by atoms with Gasteiger partial charge < -0.3 is 9.42 Å². The quantitative estimate of drug-likeness (QED) is 0.929. The van der Waals surface area contributed by atoms with E-state index in [-0.39, 0.29) is 6.03 Å². The Hall–Kier alpha value is -2.31. The van der Waals surface area contributed by atoms with Gasteiger partial charge in [0.2, 0.25) is 0 Å². The maximum Gasteiger partial charge on any atom is 0.323 e. The van der Waals surface area contributed by atoms with Crippen LogP contribution in [0.3, 0.4) is 0 Å². The number of carbonyl (C=O) groups excluding carboxylic acids is 1. The van der Waals surface area contributed by atoms with Gasteiger partial charge in [-0.25, -0.2) is 9.48 Å². The first kappa shape index (κ1) is 16.5. The number of hydrogen-bond donors (Lipinski definition) is 1. The molecule has 1 aliphatic rings. The van der Waals surface area contributed by atoms with E-state index in [1.54, 1.807) is 11.9 Å². The molecule has 1 fully saturated rings. The van der Waals surface area contributed by atoms with Crippen molar-refractivity contribution in [2.45, 2.75) is 59.0 Å². The summed E-state index contributed by atoms with van der Waals surface area (Å²) in [5.41, 5.74) is 2.76. The highest BCUT2D eigenvalue weighted by atomic mass is 16.5. The molecule has 7 nitrogen and oxygen atoms in total. The Morgan fingerprint density at radius 2 is 2.08 bits per heavy atom. The Bertz CT molecular complexity index is 708. The monoisotopic (exact) mass is 331 g/mol. The molecule has 2 amide bonds. The topological polar surface area (TPSA) is 76.2 Å². The third-order valence-corrected chi connectivity index (χ3v) is 4.80. The maximum absolute atomic E-state index is 12.6. The summed E-state index contributed by atoms with van der Waals surface area (Å²) < 4.78 is 7.14. The lowest BCUT2D eigenvalue weighted by Crippen LogP contribution is -2.32. The SMILES string of the molecule is Cc1cnn(C2CCCC2)c1NC(=O)N(C)Cc1c(C)noc1C. The Kier molecular flexibility index (Phi) is 4.59. The van der Waals surface area contributed by atoms with Gasteiger partial charge in [-0.3, -0.25) is 5.32 Å². The number of urea groups is 1. The molecule has 7 heteroatoms. The van der Waals surface area contributed by atoms with Crippen molar-refractivity contribution in [2.24, 2.45) is 0 Å². The predicted octanol–water partition coefficient (Wildman–Crippen LogP) is 3.58. The van der Waals surface area contributed by atoms with Crippen molar-refractivity contribution in [2.75, 3.05) is 12.4 Å². The van der Waals surface area contributed by atoms with Crippen molar-refractivity contribution in [3.63, 3.8) is 0 Å². The van der Waals surface area contributed by atoms with Crippen LogP contribution in [-0.2, 0) is 6.54 Å². The molecule has 0 spiro atoms. The summed E-state index contributed by atoms with van der Waals surface area (Å²) in [4.78, 5) is 14.2. The molecule has 1 saturated carbocycles. The number of aromatic nitrogens is 3. The second kappa shape index (κ2) is 6.67. The number of carbonyl (C=O) groups is 1. The number of hydrogen-bond acceptors (Lipinski definition) is 4. The van der Waals surface area contributed by atoms with Crippen LogP contribution in [0.25, 0.3) is 0 Å². The predicted molar refractivity (Wildman–Crippen MR) is 90.9 cm³/mol. The highest BCUT2D eigenvalue weighted by Gasteiger charge is 2.23. The molecular formula is C17H25N5O2. The molecule has 3 rings (SSSR count). The molecule has 0 atom stereocenters. The van der Waals surface area contributed by atoms with Crippen LogP contribution in [0.5, 0.6) is 0 Å². The number of anilines is 1. The fourth-order valence-electron chi connectivity index (χ4n) is 3.26. The number of nitrogens with zero attached hydrogens (tertiary/aromatic N) is 4. The Balaban J connectivity index is 1.71. The van der Waals surface area contributed by atoms with Gasteiger partial charge in [0.05, 0.1) is 24.5 Å². The fourth-order valence-corrected chi connectivity index (χ4v) is 3.26. The molecular weight excluding hydrogens is 306 g/mol. The number of nitrogens with one attached hydrogen (secondary N) is 1. The largest absolute Gasteiger partial charge is 0.361 e. The van der Waals surface area contributed by atoms with Crippen LogP contribution >= 0.6 is 0 Å². The zero-order chi connectivity index (χ0) is 17.3. The number of amides is 2. The molecule has 1 aliphatic carbocycles. The van der Waals surface area contributed by atoms with E-state index < -0.39 is 0 Å². The van der Waals surface area contributed by atoms with Gasteiger partial charge in [0.15, 0.2) is 0 Å². The van der Waals surface area contributed by atoms with Gasteiger partial charge in [0.1, 0.15) is 11.6 Å². The smallest absolute Gasteiger partial charge is 0.323 e. The van der Waals surface area contributed by atoms with Crippen LogP contribution in [0, 0.1) is 20.8 Å². The molecule has 130 valence electrons. The minimum Gasteiger partial charge on any atom is -0.361 e. The average molecular weight is 331 g/mol. The lowest BCUT2D eigenvalue weighted by Gasteiger charge is -2.20. The Morgan fingerprint density at radius 3 is 2.71 bits per heavy atom. The van der Waals surface area contributed by atoms with Gasteiger partial charge >= 0.3 is 6.03 Å². The van der Waals surface area contributed by atoms with Crippen LogP contribution in [0.2, 0.25) is 0 Å². The van der Waals surface area contributed by atoms with E-state index in [1.165, 1.54) is 12.8 Å². The van der Waals surface area contributed by atoms with Crippen LogP contribution < -0.4 is 5.32 Å². The van der Waals surface area contributed by atoms with E-state index >= 15 is 0 Å². The van der Waals surface area contributed by atoms with Crippen LogP contribution in [0.15, 0.2) is 10.7 Å². The summed E-state index contributed by atoms with van der Waals surface area (Å²) in [6.45, 7) is 6.18. The minimum atomic E-state index is -0.155. The van der Waals surface area contributed by atoms with Crippen molar-refractivity contribution in [3.05, 3.63) is 28.8 Å². The van der Waals surface area contributed by atoms with E-state index in [4.69, 9.17) is 4.52 Å². The first-order chi connectivity index (χ1) is 11.5. The van der Waals surface area contributed by atoms with E-state index in [0.29, 0.717) is 12.6 Å². The highest BCUT2D eigenvalue weighted by Crippen LogP contribution is 2.32. The molecule has 2 heterocycles. The van der Waals surface area contributed by atoms with Crippen LogP contribution in [-0.4, -0.2) is 32.9 Å². The first-order valence-electron chi connectivity index (χ1n) is 8.45. The number of aryl methyl sites for hydroxylation is 3. The van der Waals surface area contributed by atoms with Crippen molar-refractivity contribution < 1.29 is 9.32 Å². The summed E-state index contributed by atoms with van der Waals surface area (Å²) in [6, 6.07) is 0.236. The van der Waals surface area contributed by atoms with Gasteiger partial charge in [0.25, 0.3) is 0 Å².